The molecule has 2 N–H and O–H groups in total. The Morgan fingerprint density at radius 2 is 1.79 bits per heavy atom. The Morgan fingerprint density at radius 3 is 2.39 bits per heavy atom. The van der Waals surface area contributed by atoms with Gasteiger partial charge in [-0.25, -0.2) is 0 Å². The second kappa shape index (κ2) is 14.8. The number of hydrogen-bond acceptors (Lipinski definition) is 4. The number of halogens is 1. The van der Waals surface area contributed by atoms with E-state index in [0.717, 1.165) is 57.8 Å². The fourth-order valence-corrected chi connectivity index (χ4v) is 4.11. The zero-order chi connectivity index (χ0) is 19.5. The molecular formula is C21H44IN5O. The lowest BCUT2D eigenvalue weighted by atomic mass is 9.94. The summed E-state index contributed by atoms with van der Waals surface area (Å²) in [5.74, 6) is 2.53. The minimum atomic E-state index is 0. The van der Waals surface area contributed by atoms with Crippen molar-refractivity contribution in [1.29, 1.82) is 0 Å². The first-order valence-electron chi connectivity index (χ1n) is 11.1. The molecule has 2 aliphatic heterocycles. The number of ether oxygens (including phenoxy) is 1. The van der Waals surface area contributed by atoms with E-state index >= 15 is 0 Å². The zero-order valence-corrected chi connectivity index (χ0v) is 20.9. The number of morpholine rings is 1. The topological polar surface area (TPSA) is 52.1 Å². The molecule has 1 unspecified atom stereocenters. The molecule has 7 heteroatoms. The molecule has 2 aliphatic rings. The number of nitrogens with one attached hydrogen (secondary N) is 2. The molecule has 0 aromatic rings. The number of nitrogens with zero attached hydrogens (tertiary/aromatic N) is 3. The Morgan fingerprint density at radius 1 is 1.11 bits per heavy atom. The molecule has 2 heterocycles. The predicted molar refractivity (Wildman–Crippen MR) is 130 cm³/mol. The van der Waals surface area contributed by atoms with Crippen molar-refractivity contribution >= 4 is 29.9 Å². The zero-order valence-electron chi connectivity index (χ0n) is 18.6. The summed E-state index contributed by atoms with van der Waals surface area (Å²) in [5.41, 5.74) is 0. The lowest BCUT2D eigenvalue weighted by Gasteiger charge is -2.34. The van der Waals surface area contributed by atoms with Gasteiger partial charge in [0.05, 0.1) is 19.8 Å². The minimum absolute atomic E-state index is 0. The molecule has 0 radical (unpaired) electrons. The number of hydrogen-bond donors (Lipinski definition) is 2. The highest BCUT2D eigenvalue weighted by atomic mass is 127. The highest BCUT2D eigenvalue weighted by Gasteiger charge is 2.22. The van der Waals surface area contributed by atoms with Crippen molar-refractivity contribution in [3.05, 3.63) is 0 Å². The van der Waals surface area contributed by atoms with Crippen molar-refractivity contribution in [2.45, 2.75) is 52.5 Å². The molecule has 0 aromatic carbocycles. The Hall–Kier alpha value is -0.120. The summed E-state index contributed by atoms with van der Waals surface area (Å²) in [4.78, 5) is 9.95. The molecule has 166 valence electrons. The van der Waals surface area contributed by atoms with Crippen LogP contribution in [-0.4, -0.2) is 87.9 Å². The Labute approximate surface area is 190 Å². The van der Waals surface area contributed by atoms with Gasteiger partial charge in [-0.1, -0.05) is 13.8 Å². The van der Waals surface area contributed by atoms with Crippen LogP contribution >= 0.6 is 24.0 Å². The smallest absolute Gasteiger partial charge is 0.191 e. The second-order valence-electron chi connectivity index (χ2n) is 8.61. The molecule has 0 aromatic heterocycles. The average Bonchev–Trinajstić information content (AvgIpc) is 2.67. The van der Waals surface area contributed by atoms with E-state index in [-0.39, 0.29) is 24.0 Å². The summed E-state index contributed by atoms with van der Waals surface area (Å²) >= 11 is 0. The van der Waals surface area contributed by atoms with Crippen LogP contribution in [0.1, 0.15) is 46.5 Å². The number of aliphatic imine (C=N–C) groups is 1. The van der Waals surface area contributed by atoms with Crippen LogP contribution < -0.4 is 10.6 Å². The van der Waals surface area contributed by atoms with E-state index in [9.17, 15) is 0 Å². The van der Waals surface area contributed by atoms with E-state index in [0.29, 0.717) is 12.0 Å². The van der Waals surface area contributed by atoms with Crippen molar-refractivity contribution in [1.82, 2.24) is 20.4 Å². The van der Waals surface area contributed by atoms with Gasteiger partial charge in [-0.15, -0.1) is 24.0 Å². The molecule has 2 rings (SSSR count). The number of rotatable bonds is 9. The highest BCUT2D eigenvalue weighted by molar-refractivity contribution is 14.0. The molecule has 6 nitrogen and oxygen atoms in total. The maximum atomic E-state index is 5.53. The molecular weight excluding hydrogens is 465 g/mol. The third kappa shape index (κ3) is 10.1. The molecule has 0 aliphatic carbocycles. The summed E-state index contributed by atoms with van der Waals surface area (Å²) in [7, 11) is 2.23. The normalized spacial score (nSPS) is 21.4. The molecule has 0 bridgehead atoms. The molecule has 2 saturated heterocycles. The van der Waals surface area contributed by atoms with E-state index < -0.39 is 0 Å². The molecule has 1 atom stereocenters. The first-order valence-corrected chi connectivity index (χ1v) is 11.1. The summed E-state index contributed by atoms with van der Waals surface area (Å²) in [6.07, 6.45) is 5.11. The number of likely N-dealkylation sites (tertiary alicyclic amines) is 1. The van der Waals surface area contributed by atoms with Gasteiger partial charge in [0, 0.05) is 32.2 Å². The van der Waals surface area contributed by atoms with Gasteiger partial charge in [-0.2, -0.15) is 0 Å². The van der Waals surface area contributed by atoms with E-state index in [1.165, 1.54) is 38.8 Å². The van der Waals surface area contributed by atoms with Crippen LogP contribution in [-0.2, 0) is 4.74 Å². The van der Waals surface area contributed by atoms with E-state index in [2.05, 4.69) is 48.3 Å². The fourth-order valence-electron chi connectivity index (χ4n) is 4.11. The van der Waals surface area contributed by atoms with Gasteiger partial charge in [0.1, 0.15) is 0 Å². The Balaban J connectivity index is 0.00000392. The van der Waals surface area contributed by atoms with Gasteiger partial charge in [0.15, 0.2) is 5.96 Å². The maximum absolute atomic E-state index is 5.53. The first kappa shape index (κ1) is 25.9. The summed E-state index contributed by atoms with van der Waals surface area (Å²) in [5, 5.41) is 7.00. The Kier molecular flexibility index (Phi) is 13.7. The van der Waals surface area contributed by atoms with E-state index in [1.54, 1.807) is 0 Å². The van der Waals surface area contributed by atoms with Crippen LogP contribution in [0.15, 0.2) is 4.99 Å². The van der Waals surface area contributed by atoms with E-state index in [4.69, 9.17) is 9.73 Å². The monoisotopic (exact) mass is 509 g/mol. The SMILES string of the molecule is CCNC(=NCC(CC(C)C)N1CCOCC1)NCCC1CCN(C)CC1.I. The number of piperidine rings is 1. The van der Waals surface area contributed by atoms with Gasteiger partial charge in [0.25, 0.3) is 0 Å². The summed E-state index contributed by atoms with van der Waals surface area (Å²) in [6.45, 7) is 15.8. The van der Waals surface area contributed by atoms with Gasteiger partial charge in [-0.3, -0.25) is 9.89 Å². The van der Waals surface area contributed by atoms with Gasteiger partial charge >= 0.3 is 0 Å². The third-order valence-corrected chi connectivity index (χ3v) is 5.79. The van der Waals surface area contributed by atoms with Crippen molar-refractivity contribution in [2.24, 2.45) is 16.8 Å². The van der Waals surface area contributed by atoms with Crippen LogP contribution in [0, 0.1) is 11.8 Å². The van der Waals surface area contributed by atoms with Gasteiger partial charge in [0.2, 0.25) is 0 Å². The lowest BCUT2D eigenvalue weighted by Crippen LogP contribution is -2.46. The minimum Gasteiger partial charge on any atom is -0.379 e. The third-order valence-electron chi connectivity index (χ3n) is 5.79. The standard InChI is InChI=1S/C21H43N5O.HI/c1-5-22-21(23-9-6-19-7-10-25(4)11-8-19)24-17-20(16-18(2)3)26-12-14-27-15-13-26;/h18-20H,5-17H2,1-4H3,(H2,22,23,24);1H. The van der Waals surface area contributed by atoms with Crippen LogP contribution in [0.3, 0.4) is 0 Å². The summed E-state index contributed by atoms with van der Waals surface area (Å²) < 4.78 is 5.53. The maximum Gasteiger partial charge on any atom is 0.191 e. The van der Waals surface area contributed by atoms with Crippen molar-refractivity contribution in [2.75, 3.05) is 66.1 Å². The van der Waals surface area contributed by atoms with Crippen LogP contribution in [0.25, 0.3) is 0 Å². The molecule has 0 spiro atoms. The summed E-state index contributed by atoms with van der Waals surface area (Å²) in [6, 6.07) is 0.512. The first-order chi connectivity index (χ1) is 13.1. The van der Waals surface area contributed by atoms with Crippen LogP contribution in [0.4, 0.5) is 0 Å². The molecule has 2 fully saturated rings. The Bertz CT molecular complexity index is 421. The molecule has 0 amide bonds. The average molecular weight is 510 g/mol. The van der Waals surface area contributed by atoms with E-state index in [1.807, 2.05) is 0 Å². The lowest BCUT2D eigenvalue weighted by molar-refractivity contribution is 0.0143. The largest absolute Gasteiger partial charge is 0.379 e. The predicted octanol–water partition coefficient (Wildman–Crippen LogP) is 2.64. The van der Waals surface area contributed by atoms with Crippen LogP contribution in [0.2, 0.25) is 0 Å². The van der Waals surface area contributed by atoms with Crippen LogP contribution in [0.5, 0.6) is 0 Å². The molecule has 0 saturated carbocycles. The highest BCUT2D eigenvalue weighted by Crippen LogP contribution is 2.18. The van der Waals surface area contributed by atoms with Crippen molar-refractivity contribution < 1.29 is 4.74 Å². The fraction of sp³-hybridized carbons (Fsp3) is 0.952. The number of guanidine groups is 1. The van der Waals surface area contributed by atoms with Crippen molar-refractivity contribution in [3.63, 3.8) is 0 Å². The second-order valence-corrected chi connectivity index (χ2v) is 8.61. The van der Waals surface area contributed by atoms with Crippen molar-refractivity contribution in [3.8, 4) is 0 Å². The quantitative estimate of drug-likeness (QED) is 0.285. The molecule has 28 heavy (non-hydrogen) atoms. The van der Waals surface area contributed by atoms with Gasteiger partial charge in [-0.05, 0) is 64.6 Å². The van der Waals surface area contributed by atoms with Gasteiger partial charge < -0.3 is 20.3 Å².